The van der Waals surface area contributed by atoms with Crippen LogP contribution in [0, 0.1) is 0 Å². The lowest BCUT2D eigenvalue weighted by Gasteiger charge is -2.18. The van der Waals surface area contributed by atoms with Gasteiger partial charge in [-0.1, -0.05) is 25.1 Å². The summed E-state index contributed by atoms with van der Waals surface area (Å²) in [7, 11) is 1.73. The minimum absolute atomic E-state index is 0.357. The Labute approximate surface area is 104 Å². The van der Waals surface area contributed by atoms with Gasteiger partial charge < -0.3 is 14.8 Å². The van der Waals surface area contributed by atoms with Crippen LogP contribution in [0.2, 0.25) is 0 Å². The number of rotatable bonds is 9. The predicted molar refractivity (Wildman–Crippen MR) is 70.5 cm³/mol. The fourth-order valence-electron chi connectivity index (χ4n) is 1.57. The second-order valence-electron chi connectivity index (χ2n) is 4.06. The summed E-state index contributed by atoms with van der Waals surface area (Å²) in [5.74, 6) is 0.924. The number of methoxy groups -OCH3 is 1. The minimum atomic E-state index is 0.357. The highest BCUT2D eigenvalue weighted by molar-refractivity contribution is 5.20. The van der Waals surface area contributed by atoms with Crippen molar-refractivity contribution in [2.75, 3.05) is 26.9 Å². The van der Waals surface area contributed by atoms with Crippen molar-refractivity contribution in [2.24, 2.45) is 0 Å². The summed E-state index contributed by atoms with van der Waals surface area (Å²) in [6.07, 6.45) is 2.11. The molecule has 17 heavy (non-hydrogen) atoms. The van der Waals surface area contributed by atoms with Gasteiger partial charge in [-0.15, -0.1) is 0 Å². The maximum absolute atomic E-state index is 5.74. The van der Waals surface area contributed by atoms with Crippen molar-refractivity contribution < 1.29 is 9.47 Å². The largest absolute Gasteiger partial charge is 0.492 e. The third kappa shape index (κ3) is 6.29. The summed E-state index contributed by atoms with van der Waals surface area (Å²) in [6, 6.07) is 10.3. The summed E-state index contributed by atoms with van der Waals surface area (Å²) in [5, 5.41) is 3.47. The number of hydrogen-bond donors (Lipinski definition) is 1. The van der Waals surface area contributed by atoms with Crippen LogP contribution in [-0.4, -0.2) is 32.9 Å². The fourth-order valence-corrected chi connectivity index (χ4v) is 1.57. The van der Waals surface area contributed by atoms with E-state index in [1.807, 2.05) is 30.3 Å². The quantitative estimate of drug-likeness (QED) is 0.715. The highest BCUT2D eigenvalue weighted by Gasteiger charge is 2.08. The van der Waals surface area contributed by atoms with E-state index in [4.69, 9.17) is 9.47 Å². The lowest BCUT2D eigenvalue weighted by molar-refractivity contribution is 0.165. The van der Waals surface area contributed by atoms with E-state index >= 15 is 0 Å². The zero-order valence-corrected chi connectivity index (χ0v) is 10.8. The molecule has 0 fully saturated rings. The van der Waals surface area contributed by atoms with Crippen LogP contribution >= 0.6 is 0 Å². The Morgan fingerprint density at radius 2 is 2.00 bits per heavy atom. The number of hydrogen-bond acceptors (Lipinski definition) is 3. The summed E-state index contributed by atoms with van der Waals surface area (Å²) in [5.41, 5.74) is 0. The zero-order valence-electron chi connectivity index (χ0n) is 10.8. The van der Waals surface area contributed by atoms with Crippen molar-refractivity contribution in [3.63, 3.8) is 0 Å². The summed E-state index contributed by atoms with van der Waals surface area (Å²) in [4.78, 5) is 0. The van der Waals surface area contributed by atoms with Crippen LogP contribution in [0.5, 0.6) is 5.75 Å². The smallest absolute Gasteiger partial charge is 0.119 e. The third-order valence-corrected chi connectivity index (χ3v) is 2.55. The van der Waals surface area contributed by atoms with Gasteiger partial charge in [0.05, 0.1) is 0 Å². The molecule has 0 aliphatic heterocycles. The Kier molecular flexibility index (Phi) is 7.43. The number of ether oxygens (including phenoxy) is 2. The first-order valence-electron chi connectivity index (χ1n) is 6.27. The first-order chi connectivity index (χ1) is 8.36. The molecule has 3 heteroatoms. The zero-order chi connectivity index (χ0) is 12.3. The SMILES string of the molecule is CCCNC(CCOC)COc1ccccc1. The van der Waals surface area contributed by atoms with Crippen LogP contribution in [0.3, 0.4) is 0 Å². The van der Waals surface area contributed by atoms with E-state index in [9.17, 15) is 0 Å². The van der Waals surface area contributed by atoms with Crippen molar-refractivity contribution >= 4 is 0 Å². The molecule has 1 aromatic carbocycles. The van der Waals surface area contributed by atoms with Crippen LogP contribution in [-0.2, 0) is 4.74 Å². The maximum atomic E-state index is 5.74. The van der Waals surface area contributed by atoms with Crippen LogP contribution < -0.4 is 10.1 Å². The molecule has 3 nitrogen and oxygen atoms in total. The molecule has 0 saturated heterocycles. The van der Waals surface area contributed by atoms with Crippen molar-refractivity contribution in [1.82, 2.24) is 5.32 Å². The Morgan fingerprint density at radius 1 is 1.24 bits per heavy atom. The summed E-state index contributed by atoms with van der Waals surface area (Å²) in [6.45, 7) is 4.64. The molecule has 0 aliphatic carbocycles. The van der Waals surface area contributed by atoms with Crippen molar-refractivity contribution in [2.45, 2.75) is 25.8 Å². The molecule has 1 atom stereocenters. The van der Waals surface area contributed by atoms with Crippen molar-refractivity contribution in [3.8, 4) is 5.75 Å². The van der Waals surface area contributed by atoms with E-state index in [0.717, 1.165) is 31.7 Å². The van der Waals surface area contributed by atoms with Crippen molar-refractivity contribution in [3.05, 3.63) is 30.3 Å². The molecule has 1 unspecified atom stereocenters. The number of para-hydroxylation sites is 1. The second-order valence-corrected chi connectivity index (χ2v) is 4.06. The lowest BCUT2D eigenvalue weighted by atomic mass is 10.2. The van der Waals surface area contributed by atoms with Crippen LogP contribution in [0.1, 0.15) is 19.8 Å². The Bertz CT molecular complexity index is 269. The van der Waals surface area contributed by atoms with Crippen LogP contribution in [0.25, 0.3) is 0 Å². The molecule has 96 valence electrons. The maximum Gasteiger partial charge on any atom is 0.119 e. The van der Waals surface area contributed by atoms with Gasteiger partial charge in [-0.25, -0.2) is 0 Å². The highest BCUT2D eigenvalue weighted by atomic mass is 16.5. The fraction of sp³-hybridized carbons (Fsp3) is 0.571. The van der Waals surface area contributed by atoms with Gasteiger partial charge in [-0.05, 0) is 31.5 Å². The Balaban J connectivity index is 2.31. The van der Waals surface area contributed by atoms with Gasteiger partial charge in [0.2, 0.25) is 0 Å². The van der Waals surface area contributed by atoms with Gasteiger partial charge >= 0.3 is 0 Å². The number of benzene rings is 1. The van der Waals surface area contributed by atoms with Gasteiger partial charge in [-0.2, -0.15) is 0 Å². The molecule has 0 amide bonds. The van der Waals surface area contributed by atoms with E-state index < -0.39 is 0 Å². The average Bonchev–Trinajstić information content (AvgIpc) is 2.39. The molecule has 0 aliphatic rings. The molecule has 0 radical (unpaired) electrons. The van der Waals surface area contributed by atoms with Gasteiger partial charge in [0, 0.05) is 19.8 Å². The second kappa shape index (κ2) is 9.02. The monoisotopic (exact) mass is 237 g/mol. The molecule has 0 saturated carbocycles. The van der Waals surface area contributed by atoms with Gasteiger partial charge in [0.15, 0.2) is 0 Å². The third-order valence-electron chi connectivity index (χ3n) is 2.55. The topological polar surface area (TPSA) is 30.5 Å². The highest BCUT2D eigenvalue weighted by Crippen LogP contribution is 2.09. The minimum Gasteiger partial charge on any atom is -0.492 e. The van der Waals surface area contributed by atoms with Gasteiger partial charge in [0.25, 0.3) is 0 Å². The van der Waals surface area contributed by atoms with E-state index in [-0.39, 0.29) is 0 Å². The van der Waals surface area contributed by atoms with Crippen molar-refractivity contribution in [1.29, 1.82) is 0 Å². The average molecular weight is 237 g/mol. The first kappa shape index (κ1) is 14.0. The molecule has 1 aromatic rings. The molecular weight excluding hydrogens is 214 g/mol. The molecule has 1 N–H and O–H groups in total. The molecule has 0 spiro atoms. The predicted octanol–water partition coefficient (Wildman–Crippen LogP) is 2.47. The summed E-state index contributed by atoms with van der Waals surface area (Å²) < 4.78 is 10.9. The van der Waals surface area contributed by atoms with Crippen LogP contribution in [0.4, 0.5) is 0 Å². The normalized spacial score (nSPS) is 12.4. The number of nitrogens with one attached hydrogen (secondary N) is 1. The molecule has 0 heterocycles. The van der Waals surface area contributed by atoms with Crippen LogP contribution in [0.15, 0.2) is 30.3 Å². The summed E-state index contributed by atoms with van der Waals surface area (Å²) >= 11 is 0. The van der Waals surface area contributed by atoms with E-state index in [1.165, 1.54) is 0 Å². The lowest BCUT2D eigenvalue weighted by Crippen LogP contribution is -2.36. The van der Waals surface area contributed by atoms with Gasteiger partial charge in [0.1, 0.15) is 12.4 Å². The Morgan fingerprint density at radius 3 is 2.65 bits per heavy atom. The van der Waals surface area contributed by atoms with Gasteiger partial charge in [-0.3, -0.25) is 0 Å². The molecule has 0 aromatic heterocycles. The van der Waals surface area contributed by atoms with E-state index in [1.54, 1.807) is 7.11 Å². The van der Waals surface area contributed by atoms with E-state index in [0.29, 0.717) is 12.6 Å². The standard InChI is InChI=1S/C14H23NO2/c1-3-10-15-13(9-11-16-2)12-17-14-7-5-4-6-8-14/h4-8,13,15H,3,9-12H2,1-2H3. The van der Waals surface area contributed by atoms with E-state index in [2.05, 4.69) is 12.2 Å². The molecule has 1 rings (SSSR count). The Hall–Kier alpha value is -1.06. The first-order valence-corrected chi connectivity index (χ1v) is 6.27. The molecular formula is C14H23NO2. The molecule has 0 bridgehead atoms.